The second kappa shape index (κ2) is 7.58. The summed E-state index contributed by atoms with van der Waals surface area (Å²) >= 11 is 0. The van der Waals surface area contributed by atoms with Gasteiger partial charge in [0.15, 0.2) is 0 Å². The SMILES string of the molecule is COc1cccc(NC(=O)[C@H]2CC(=O)N(c3ccc4c(c3)CCN4C(C)=O)C2)c1. The van der Waals surface area contributed by atoms with Crippen LogP contribution in [-0.4, -0.2) is 37.9 Å². The molecule has 0 spiro atoms. The molecule has 29 heavy (non-hydrogen) atoms. The number of carbonyl (C=O) groups is 3. The van der Waals surface area contributed by atoms with Crippen LogP contribution in [0.15, 0.2) is 42.5 Å². The highest BCUT2D eigenvalue weighted by molar-refractivity contribution is 6.04. The van der Waals surface area contributed by atoms with Crippen LogP contribution in [0, 0.1) is 5.92 Å². The number of methoxy groups -OCH3 is 1. The summed E-state index contributed by atoms with van der Waals surface area (Å²) in [5.41, 5.74) is 3.37. The van der Waals surface area contributed by atoms with Crippen molar-refractivity contribution in [2.24, 2.45) is 5.92 Å². The van der Waals surface area contributed by atoms with Gasteiger partial charge in [-0.25, -0.2) is 0 Å². The number of anilines is 3. The highest BCUT2D eigenvalue weighted by Crippen LogP contribution is 2.34. The molecule has 1 fully saturated rings. The average molecular weight is 393 g/mol. The van der Waals surface area contributed by atoms with E-state index in [9.17, 15) is 14.4 Å². The van der Waals surface area contributed by atoms with Gasteiger partial charge >= 0.3 is 0 Å². The Kier molecular flexibility index (Phi) is 4.96. The molecule has 2 heterocycles. The quantitative estimate of drug-likeness (QED) is 0.866. The minimum absolute atomic E-state index is 0.0167. The van der Waals surface area contributed by atoms with Crippen molar-refractivity contribution in [3.8, 4) is 5.75 Å². The van der Waals surface area contributed by atoms with E-state index < -0.39 is 5.92 Å². The van der Waals surface area contributed by atoms with Gasteiger partial charge in [0.1, 0.15) is 5.75 Å². The molecule has 0 aliphatic carbocycles. The molecule has 2 aromatic rings. The molecule has 0 saturated carbocycles. The van der Waals surface area contributed by atoms with Gasteiger partial charge in [-0.1, -0.05) is 6.07 Å². The Bertz CT molecular complexity index is 988. The van der Waals surface area contributed by atoms with Crippen LogP contribution < -0.4 is 19.9 Å². The van der Waals surface area contributed by atoms with Crippen molar-refractivity contribution in [1.29, 1.82) is 0 Å². The van der Waals surface area contributed by atoms with E-state index >= 15 is 0 Å². The molecule has 2 aliphatic heterocycles. The van der Waals surface area contributed by atoms with E-state index in [1.54, 1.807) is 48.1 Å². The number of rotatable bonds is 4. The maximum absolute atomic E-state index is 12.7. The van der Waals surface area contributed by atoms with Crippen molar-refractivity contribution >= 4 is 34.8 Å². The number of carbonyl (C=O) groups excluding carboxylic acids is 3. The molecule has 1 saturated heterocycles. The van der Waals surface area contributed by atoms with Crippen molar-refractivity contribution in [2.45, 2.75) is 19.8 Å². The monoisotopic (exact) mass is 393 g/mol. The van der Waals surface area contributed by atoms with E-state index in [1.807, 2.05) is 18.2 Å². The maximum atomic E-state index is 12.7. The predicted octanol–water partition coefficient (Wildman–Crippen LogP) is 2.60. The molecule has 0 aromatic heterocycles. The lowest BCUT2D eigenvalue weighted by Crippen LogP contribution is -2.28. The average Bonchev–Trinajstić information content (AvgIpc) is 3.31. The van der Waals surface area contributed by atoms with Crippen LogP contribution in [0.25, 0.3) is 0 Å². The fraction of sp³-hybridized carbons (Fsp3) is 0.318. The van der Waals surface area contributed by atoms with Gasteiger partial charge in [-0.05, 0) is 42.3 Å². The van der Waals surface area contributed by atoms with Crippen molar-refractivity contribution in [3.05, 3.63) is 48.0 Å². The second-order valence-corrected chi connectivity index (χ2v) is 7.36. The molecule has 4 rings (SSSR count). The molecule has 150 valence electrons. The standard InChI is InChI=1S/C22H23N3O4/c1-14(26)24-9-8-15-10-18(6-7-20(15)24)25-13-16(11-21(25)27)22(28)23-17-4-3-5-19(12-17)29-2/h3-7,10,12,16H,8-9,11,13H2,1-2H3,(H,23,28)/t16-/m0/s1. The Morgan fingerprint density at radius 1 is 1.17 bits per heavy atom. The number of nitrogens with one attached hydrogen (secondary N) is 1. The first kappa shape index (κ1) is 19.0. The minimum atomic E-state index is -0.421. The predicted molar refractivity (Wildman–Crippen MR) is 110 cm³/mol. The summed E-state index contributed by atoms with van der Waals surface area (Å²) < 4.78 is 5.17. The number of fused-ring (bicyclic) bond motifs is 1. The van der Waals surface area contributed by atoms with Crippen LogP contribution in [0.5, 0.6) is 5.75 Å². The summed E-state index contributed by atoms with van der Waals surface area (Å²) in [4.78, 5) is 40.4. The fourth-order valence-electron chi connectivity index (χ4n) is 3.96. The van der Waals surface area contributed by atoms with Crippen molar-refractivity contribution in [3.63, 3.8) is 0 Å². The van der Waals surface area contributed by atoms with Gasteiger partial charge in [-0.3, -0.25) is 14.4 Å². The van der Waals surface area contributed by atoms with Crippen molar-refractivity contribution in [2.75, 3.05) is 35.3 Å². The zero-order valence-electron chi connectivity index (χ0n) is 16.5. The lowest BCUT2D eigenvalue weighted by atomic mass is 10.1. The van der Waals surface area contributed by atoms with Gasteiger partial charge in [0, 0.05) is 49.6 Å². The highest BCUT2D eigenvalue weighted by Gasteiger charge is 2.36. The lowest BCUT2D eigenvalue weighted by Gasteiger charge is -2.19. The van der Waals surface area contributed by atoms with Crippen molar-refractivity contribution < 1.29 is 19.1 Å². The molecular formula is C22H23N3O4. The van der Waals surface area contributed by atoms with Gasteiger partial charge in [0.2, 0.25) is 17.7 Å². The Hall–Kier alpha value is -3.35. The molecule has 2 aromatic carbocycles. The third kappa shape index (κ3) is 3.68. The molecule has 7 nitrogen and oxygen atoms in total. The smallest absolute Gasteiger partial charge is 0.229 e. The normalized spacial score (nSPS) is 18.0. The third-order valence-electron chi connectivity index (χ3n) is 5.48. The molecule has 1 atom stereocenters. The summed E-state index contributed by atoms with van der Waals surface area (Å²) in [5.74, 6) is -0.00134. The van der Waals surface area contributed by atoms with Crippen LogP contribution >= 0.6 is 0 Å². The first-order chi connectivity index (χ1) is 14.0. The molecular weight excluding hydrogens is 370 g/mol. The Morgan fingerprint density at radius 3 is 2.76 bits per heavy atom. The van der Waals surface area contributed by atoms with Crippen LogP contribution in [0.2, 0.25) is 0 Å². The summed E-state index contributed by atoms with van der Waals surface area (Å²) in [6, 6.07) is 12.8. The molecule has 2 aliphatic rings. The van der Waals surface area contributed by atoms with Crippen LogP contribution in [-0.2, 0) is 20.8 Å². The largest absolute Gasteiger partial charge is 0.497 e. The minimum Gasteiger partial charge on any atom is -0.497 e. The number of amides is 3. The first-order valence-electron chi connectivity index (χ1n) is 9.62. The molecule has 1 N–H and O–H groups in total. The van der Waals surface area contributed by atoms with Crippen LogP contribution in [0.3, 0.4) is 0 Å². The molecule has 0 bridgehead atoms. The summed E-state index contributed by atoms with van der Waals surface area (Å²) in [7, 11) is 1.57. The number of benzene rings is 2. The summed E-state index contributed by atoms with van der Waals surface area (Å²) in [6.45, 7) is 2.55. The summed E-state index contributed by atoms with van der Waals surface area (Å²) in [5, 5.41) is 2.87. The summed E-state index contributed by atoms with van der Waals surface area (Å²) in [6.07, 6.45) is 0.941. The van der Waals surface area contributed by atoms with E-state index in [1.165, 1.54) is 0 Å². The van der Waals surface area contributed by atoms with Crippen molar-refractivity contribution in [1.82, 2.24) is 0 Å². The maximum Gasteiger partial charge on any atom is 0.229 e. The highest BCUT2D eigenvalue weighted by atomic mass is 16.5. The zero-order valence-corrected chi connectivity index (χ0v) is 16.5. The molecule has 0 radical (unpaired) electrons. The Morgan fingerprint density at radius 2 is 2.00 bits per heavy atom. The van der Waals surface area contributed by atoms with Gasteiger partial charge < -0.3 is 19.9 Å². The first-order valence-corrected chi connectivity index (χ1v) is 9.62. The third-order valence-corrected chi connectivity index (χ3v) is 5.48. The van der Waals surface area contributed by atoms with Gasteiger partial charge in [-0.2, -0.15) is 0 Å². The van der Waals surface area contributed by atoms with E-state index in [2.05, 4.69) is 5.32 Å². The van der Waals surface area contributed by atoms with Crippen LogP contribution in [0.1, 0.15) is 18.9 Å². The van der Waals surface area contributed by atoms with Crippen LogP contribution in [0.4, 0.5) is 17.1 Å². The number of hydrogen-bond donors (Lipinski definition) is 1. The van der Waals surface area contributed by atoms with E-state index in [4.69, 9.17) is 4.74 Å². The van der Waals surface area contributed by atoms with Gasteiger partial charge in [0.25, 0.3) is 0 Å². The fourth-order valence-corrected chi connectivity index (χ4v) is 3.96. The topological polar surface area (TPSA) is 79.0 Å². The van der Waals surface area contributed by atoms with Gasteiger partial charge in [-0.15, -0.1) is 0 Å². The second-order valence-electron chi connectivity index (χ2n) is 7.36. The Labute approximate surface area is 169 Å². The zero-order chi connectivity index (χ0) is 20.5. The van der Waals surface area contributed by atoms with Gasteiger partial charge in [0.05, 0.1) is 13.0 Å². The van der Waals surface area contributed by atoms with E-state index in [0.717, 1.165) is 23.4 Å². The molecule has 7 heteroatoms. The molecule has 3 amide bonds. The lowest BCUT2D eigenvalue weighted by molar-refractivity contribution is -0.122. The molecule has 0 unspecified atom stereocenters. The van der Waals surface area contributed by atoms with E-state index in [0.29, 0.717) is 24.5 Å². The van der Waals surface area contributed by atoms with E-state index in [-0.39, 0.29) is 24.1 Å². The number of nitrogens with zero attached hydrogens (tertiary/aromatic N) is 2. The number of hydrogen-bond acceptors (Lipinski definition) is 4. The Balaban J connectivity index is 1.47. The number of ether oxygens (including phenoxy) is 1.